The topological polar surface area (TPSA) is 64.7 Å². The summed E-state index contributed by atoms with van der Waals surface area (Å²) >= 11 is 6.09. The van der Waals surface area contributed by atoms with Gasteiger partial charge in [0.1, 0.15) is 17.7 Å². The molecule has 2 aromatic heterocycles. The van der Waals surface area contributed by atoms with Gasteiger partial charge in [-0.3, -0.25) is 4.79 Å². The van der Waals surface area contributed by atoms with Gasteiger partial charge >= 0.3 is 0 Å². The van der Waals surface area contributed by atoms with E-state index in [2.05, 4.69) is 10.3 Å². The van der Waals surface area contributed by atoms with E-state index in [1.54, 1.807) is 41.3 Å². The molecule has 1 amide bonds. The zero-order valence-electron chi connectivity index (χ0n) is 19.5. The summed E-state index contributed by atoms with van der Waals surface area (Å²) in [5.41, 5.74) is 3.93. The van der Waals surface area contributed by atoms with Crippen molar-refractivity contribution >= 4 is 17.5 Å². The minimum atomic E-state index is -0.541. The lowest BCUT2D eigenvalue weighted by Crippen LogP contribution is -2.32. The maximum Gasteiger partial charge on any atom is 0.225 e. The Kier molecular flexibility index (Phi) is 6.64. The van der Waals surface area contributed by atoms with Crippen molar-refractivity contribution < 1.29 is 9.18 Å². The van der Waals surface area contributed by atoms with Crippen LogP contribution in [0.2, 0.25) is 5.02 Å². The maximum atomic E-state index is 13.6. The molecular weight excluding hydrogens is 477 g/mol. The summed E-state index contributed by atoms with van der Waals surface area (Å²) < 4.78 is 17.2. The van der Waals surface area contributed by atoms with Gasteiger partial charge in [0.2, 0.25) is 5.91 Å². The number of hydrogen-bond acceptors (Lipinski definition) is 3. The number of nitrogens with zero attached hydrogens (tertiary/aromatic N) is 4. The van der Waals surface area contributed by atoms with Crippen LogP contribution >= 0.6 is 11.6 Å². The summed E-state index contributed by atoms with van der Waals surface area (Å²) in [5.74, 6) is 0.0904. The summed E-state index contributed by atoms with van der Waals surface area (Å²) in [6, 6.07) is 22.6. The van der Waals surface area contributed by atoms with Gasteiger partial charge in [-0.15, -0.1) is 0 Å². The normalized spacial score (nSPS) is 11.9. The number of nitrogens with one attached hydrogen (secondary N) is 1. The first-order chi connectivity index (χ1) is 17.5. The number of carbonyl (C=O) groups excluding carboxylic acids is 1. The highest BCUT2D eigenvalue weighted by atomic mass is 35.5. The van der Waals surface area contributed by atoms with Crippen LogP contribution in [0, 0.1) is 5.82 Å². The molecule has 180 valence electrons. The summed E-state index contributed by atoms with van der Waals surface area (Å²) in [7, 11) is 1.85. The molecule has 5 aromatic rings. The van der Waals surface area contributed by atoms with Crippen LogP contribution in [0.5, 0.6) is 0 Å². The SMILES string of the molecule is Cn1ccnc1C(NC(=O)Cc1cn(-c2ccccc2)nc1-c1ccc(Cl)cc1)c1ccc(F)cc1. The molecule has 1 N–H and O–H groups in total. The van der Waals surface area contributed by atoms with E-state index in [4.69, 9.17) is 16.7 Å². The van der Waals surface area contributed by atoms with Gasteiger partial charge in [-0.25, -0.2) is 14.1 Å². The number of para-hydroxylation sites is 1. The van der Waals surface area contributed by atoms with Gasteiger partial charge in [-0.2, -0.15) is 5.10 Å². The highest BCUT2D eigenvalue weighted by molar-refractivity contribution is 6.30. The molecule has 0 aliphatic heterocycles. The molecule has 1 unspecified atom stereocenters. The summed E-state index contributed by atoms with van der Waals surface area (Å²) in [4.78, 5) is 17.8. The van der Waals surface area contributed by atoms with Crippen molar-refractivity contribution in [3.05, 3.63) is 125 Å². The van der Waals surface area contributed by atoms with Crippen molar-refractivity contribution in [1.29, 1.82) is 0 Å². The second-order valence-electron chi connectivity index (χ2n) is 8.42. The van der Waals surface area contributed by atoms with Crippen molar-refractivity contribution in [2.45, 2.75) is 12.5 Å². The Hall–Kier alpha value is -4.23. The molecule has 8 heteroatoms. The van der Waals surface area contributed by atoms with E-state index in [1.807, 2.05) is 60.3 Å². The van der Waals surface area contributed by atoms with Crippen LogP contribution < -0.4 is 5.32 Å². The minimum Gasteiger partial charge on any atom is -0.342 e. The molecule has 5 rings (SSSR count). The van der Waals surface area contributed by atoms with Gasteiger partial charge in [0, 0.05) is 41.8 Å². The van der Waals surface area contributed by atoms with E-state index in [-0.39, 0.29) is 18.1 Å². The smallest absolute Gasteiger partial charge is 0.225 e. The zero-order valence-corrected chi connectivity index (χ0v) is 20.2. The molecule has 6 nitrogen and oxygen atoms in total. The van der Waals surface area contributed by atoms with Gasteiger partial charge in [0.05, 0.1) is 17.8 Å². The van der Waals surface area contributed by atoms with Crippen molar-refractivity contribution in [2.24, 2.45) is 7.05 Å². The Morgan fingerprint density at radius 1 is 1.03 bits per heavy atom. The Morgan fingerprint density at radius 2 is 1.75 bits per heavy atom. The number of amides is 1. The Morgan fingerprint density at radius 3 is 2.42 bits per heavy atom. The molecule has 0 saturated carbocycles. The number of rotatable bonds is 7. The van der Waals surface area contributed by atoms with Crippen LogP contribution in [-0.2, 0) is 18.3 Å². The quantitative estimate of drug-likeness (QED) is 0.321. The first kappa shape index (κ1) is 23.5. The Labute approximate surface area is 213 Å². The standard InChI is InChI=1S/C28H23ClFN5O/c1-34-16-15-31-28(34)27(20-9-13-23(30)14-10-20)32-25(36)17-21-18-35(24-5-3-2-4-6-24)33-26(21)19-7-11-22(29)12-8-19/h2-16,18,27H,17H2,1H3,(H,32,36). The second-order valence-corrected chi connectivity index (χ2v) is 8.85. The van der Waals surface area contributed by atoms with Gasteiger partial charge < -0.3 is 9.88 Å². The number of benzene rings is 3. The Bertz CT molecular complexity index is 1480. The molecule has 0 spiro atoms. The highest BCUT2D eigenvalue weighted by Crippen LogP contribution is 2.27. The molecule has 0 fully saturated rings. The molecule has 3 aromatic carbocycles. The molecule has 0 aliphatic carbocycles. The van der Waals surface area contributed by atoms with Crippen LogP contribution in [0.15, 0.2) is 97.5 Å². The van der Waals surface area contributed by atoms with E-state index in [9.17, 15) is 9.18 Å². The van der Waals surface area contributed by atoms with Crippen LogP contribution in [0.3, 0.4) is 0 Å². The minimum absolute atomic E-state index is 0.0902. The second kappa shape index (κ2) is 10.2. The summed E-state index contributed by atoms with van der Waals surface area (Å²) in [5, 5.41) is 8.48. The van der Waals surface area contributed by atoms with E-state index in [1.165, 1.54) is 12.1 Å². The number of hydrogen-bond donors (Lipinski definition) is 1. The third-order valence-corrected chi connectivity index (χ3v) is 6.16. The van der Waals surface area contributed by atoms with Crippen LogP contribution in [0.4, 0.5) is 4.39 Å². The van der Waals surface area contributed by atoms with Crippen LogP contribution in [0.25, 0.3) is 16.9 Å². The predicted octanol–water partition coefficient (Wildman–Crippen LogP) is 5.51. The van der Waals surface area contributed by atoms with Crippen LogP contribution in [0.1, 0.15) is 23.0 Å². The Balaban J connectivity index is 1.47. The fraction of sp³-hybridized carbons (Fsp3) is 0.107. The zero-order chi connectivity index (χ0) is 25.1. The first-order valence-electron chi connectivity index (χ1n) is 11.4. The lowest BCUT2D eigenvalue weighted by atomic mass is 10.0. The molecule has 2 heterocycles. The van der Waals surface area contributed by atoms with Crippen molar-refractivity contribution in [1.82, 2.24) is 24.6 Å². The summed E-state index contributed by atoms with van der Waals surface area (Å²) in [6.45, 7) is 0. The van der Waals surface area contributed by atoms with Gasteiger partial charge in [0.15, 0.2) is 0 Å². The number of halogens is 2. The van der Waals surface area contributed by atoms with Gasteiger partial charge in [-0.05, 0) is 42.0 Å². The van der Waals surface area contributed by atoms with Crippen LogP contribution in [-0.4, -0.2) is 25.2 Å². The average Bonchev–Trinajstić information content (AvgIpc) is 3.50. The number of aromatic nitrogens is 4. The van der Waals surface area contributed by atoms with Crippen molar-refractivity contribution in [2.75, 3.05) is 0 Å². The fourth-order valence-corrected chi connectivity index (χ4v) is 4.22. The lowest BCUT2D eigenvalue weighted by Gasteiger charge is -2.19. The van der Waals surface area contributed by atoms with E-state index >= 15 is 0 Å². The van der Waals surface area contributed by atoms with Gasteiger partial charge in [0.25, 0.3) is 0 Å². The van der Waals surface area contributed by atoms with Gasteiger partial charge in [-0.1, -0.05) is 54.1 Å². The number of imidazole rings is 1. The van der Waals surface area contributed by atoms with E-state index in [0.717, 1.165) is 22.4 Å². The number of carbonyl (C=O) groups is 1. The lowest BCUT2D eigenvalue weighted by molar-refractivity contribution is -0.121. The van der Waals surface area contributed by atoms with E-state index < -0.39 is 6.04 Å². The monoisotopic (exact) mass is 499 g/mol. The van der Waals surface area contributed by atoms with Crippen molar-refractivity contribution in [3.63, 3.8) is 0 Å². The molecule has 0 radical (unpaired) electrons. The molecule has 36 heavy (non-hydrogen) atoms. The average molecular weight is 500 g/mol. The first-order valence-corrected chi connectivity index (χ1v) is 11.8. The fourth-order valence-electron chi connectivity index (χ4n) is 4.10. The van der Waals surface area contributed by atoms with E-state index in [0.29, 0.717) is 16.5 Å². The number of aryl methyl sites for hydroxylation is 1. The molecule has 1 atom stereocenters. The maximum absolute atomic E-state index is 13.6. The predicted molar refractivity (Wildman–Crippen MR) is 137 cm³/mol. The summed E-state index contributed by atoms with van der Waals surface area (Å²) in [6.07, 6.45) is 5.43. The third kappa shape index (κ3) is 5.06. The largest absolute Gasteiger partial charge is 0.342 e. The van der Waals surface area contributed by atoms with Crippen molar-refractivity contribution in [3.8, 4) is 16.9 Å². The highest BCUT2D eigenvalue weighted by Gasteiger charge is 2.23. The molecule has 0 aliphatic rings. The third-order valence-electron chi connectivity index (χ3n) is 5.90. The molecule has 0 saturated heterocycles. The molecular formula is C28H23ClFN5O. The molecule has 0 bridgehead atoms.